The van der Waals surface area contributed by atoms with Crippen molar-refractivity contribution in [2.45, 2.75) is 12.6 Å². The molecule has 2 N–H and O–H groups in total. The monoisotopic (exact) mass is 449 g/mol. The molecule has 0 radical (unpaired) electrons. The minimum Gasteiger partial charge on any atom is -0.481 e. The van der Waals surface area contributed by atoms with Gasteiger partial charge in [0.2, 0.25) is 0 Å². The van der Waals surface area contributed by atoms with Crippen LogP contribution in [0.4, 0.5) is 13.2 Å². The standard InChI is InChI=1S/C26H18F3NO3/c27-26(28,29)20-11-9-17(10-12-20)21-3-1-2-4-22(21)25(33)19-14-23(30-15-19)18-7-5-16(6-8-18)13-24(31)32/h1-12,14-15,30H,13H2,(H,31,32). The van der Waals surface area contributed by atoms with E-state index in [-0.39, 0.29) is 12.2 Å². The van der Waals surface area contributed by atoms with E-state index in [0.29, 0.717) is 33.5 Å². The predicted octanol–water partition coefficient (Wildman–Crippen LogP) is 6.23. The number of ketones is 1. The summed E-state index contributed by atoms with van der Waals surface area (Å²) in [6, 6.07) is 20.1. The Morgan fingerprint density at radius 2 is 1.48 bits per heavy atom. The SMILES string of the molecule is O=C(O)Cc1ccc(-c2cc(C(=O)c3ccccc3-c3ccc(C(F)(F)F)cc3)c[nH]2)cc1. The van der Waals surface area contributed by atoms with E-state index in [1.807, 2.05) is 0 Å². The van der Waals surface area contributed by atoms with Gasteiger partial charge in [-0.1, -0.05) is 60.7 Å². The van der Waals surface area contributed by atoms with Crippen LogP contribution in [0, 0.1) is 0 Å². The van der Waals surface area contributed by atoms with E-state index in [1.165, 1.54) is 12.1 Å². The first kappa shape index (κ1) is 22.1. The van der Waals surface area contributed by atoms with Crippen molar-refractivity contribution in [2.75, 3.05) is 0 Å². The average Bonchev–Trinajstić information content (AvgIpc) is 3.28. The van der Waals surface area contributed by atoms with Crippen molar-refractivity contribution < 1.29 is 27.9 Å². The summed E-state index contributed by atoms with van der Waals surface area (Å²) in [6.07, 6.45) is -2.93. The highest BCUT2D eigenvalue weighted by Crippen LogP contribution is 2.32. The maximum atomic E-state index is 13.2. The van der Waals surface area contributed by atoms with Crippen molar-refractivity contribution in [3.05, 3.63) is 107 Å². The van der Waals surface area contributed by atoms with Gasteiger partial charge in [0.25, 0.3) is 0 Å². The number of nitrogens with one attached hydrogen (secondary N) is 1. The summed E-state index contributed by atoms with van der Waals surface area (Å²) in [5.41, 5.74) is 3.22. The molecule has 4 nitrogen and oxygen atoms in total. The van der Waals surface area contributed by atoms with Gasteiger partial charge in [-0.15, -0.1) is 0 Å². The molecule has 0 fully saturated rings. The van der Waals surface area contributed by atoms with E-state index < -0.39 is 17.7 Å². The molecule has 0 aliphatic carbocycles. The quantitative estimate of drug-likeness (QED) is 0.343. The van der Waals surface area contributed by atoms with Gasteiger partial charge >= 0.3 is 12.1 Å². The molecular weight excluding hydrogens is 431 g/mol. The summed E-state index contributed by atoms with van der Waals surface area (Å²) in [7, 11) is 0. The van der Waals surface area contributed by atoms with Crippen LogP contribution in [-0.2, 0) is 17.4 Å². The van der Waals surface area contributed by atoms with Gasteiger partial charge in [-0.05, 0) is 40.5 Å². The van der Waals surface area contributed by atoms with Gasteiger partial charge in [0.1, 0.15) is 0 Å². The third-order valence-corrected chi connectivity index (χ3v) is 5.26. The lowest BCUT2D eigenvalue weighted by Crippen LogP contribution is -2.05. The highest BCUT2D eigenvalue weighted by Gasteiger charge is 2.30. The predicted molar refractivity (Wildman–Crippen MR) is 118 cm³/mol. The number of hydrogen-bond acceptors (Lipinski definition) is 2. The Labute approximate surface area is 187 Å². The number of H-pyrrole nitrogens is 1. The highest BCUT2D eigenvalue weighted by atomic mass is 19.4. The van der Waals surface area contributed by atoms with Crippen LogP contribution in [0.2, 0.25) is 0 Å². The number of alkyl halides is 3. The number of halogens is 3. The smallest absolute Gasteiger partial charge is 0.416 e. The van der Waals surface area contributed by atoms with E-state index in [4.69, 9.17) is 5.11 Å². The maximum absolute atomic E-state index is 13.2. The van der Waals surface area contributed by atoms with Crippen LogP contribution in [-0.4, -0.2) is 21.8 Å². The minimum absolute atomic E-state index is 0.0739. The Morgan fingerprint density at radius 1 is 0.848 bits per heavy atom. The van der Waals surface area contributed by atoms with Gasteiger partial charge in [-0.3, -0.25) is 9.59 Å². The molecule has 0 bridgehead atoms. The lowest BCUT2D eigenvalue weighted by atomic mass is 9.94. The van der Waals surface area contributed by atoms with E-state index in [9.17, 15) is 22.8 Å². The summed E-state index contributed by atoms with van der Waals surface area (Å²) >= 11 is 0. The van der Waals surface area contributed by atoms with Crippen LogP contribution in [0.15, 0.2) is 85.1 Å². The second-order valence-electron chi connectivity index (χ2n) is 7.52. The lowest BCUT2D eigenvalue weighted by molar-refractivity contribution is -0.138. The Hall–Kier alpha value is -4.13. The Bertz CT molecular complexity index is 1300. The molecule has 3 aromatic carbocycles. The first-order valence-corrected chi connectivity index (χ1v) is 10.0. The molecule has 7 heteroatoms. The molecule has 0 aliphatic rings. The molecule has 1 heterocycles. The average molecular weight is 449 g/mol. The summed E-state index contributed by atoms with van der Waals surface area (Å²) in [4.78, 5) is 27.1. The minimum atomic E-state index is -4.43. The van der Waals surface area contributed by atoms with Gasteiger partial charge in [0, 0.05) is 23.0 Å². The first-order chi connectivity index (χ1) is 15.7. The van der Waals surface area contributed by atoms with E-state index in [0.717, 1.165) is 17.7 Å². The molecule has 4 aromatic rings. The molecule has 0 aliphatic heterocycles. The molecule has 0 spiro atoms. The van der Waals surface area contributed by atoms with Gasteiger partial charge < -0.3 is 10.1 Å². The van der Waals surface area contributed by atoms with Crippen LogP contribution < -0.4 is 0 Å². The topological polar surface area (TPSA) is 70.2 Å². The van der Waals surface area contributed by atoms with Gasteiger partial charge in [0.15, 0.2) is 5.78 Å². The zero-order valence-corrected chi connectivity index (χ0v) is 17.2. The van der Waals surface area contributed by atoms with Crippen molar-refractivity contribution in [1.82, 2.24) is 4.98 Å². The first-order valence-electron chi connectivity index (χ1n) is 10.0. The number of benzene rings is 3. The number of carbonyl (C=O) groups excluding carboxylic acids is 1. The Balaban J connectivity index is 1.61. The van der Waals surface area contributed by atoms with E-state index in [2.05, 4.69) is 4.98 Å². The van der Waals surface area contributed by atoms with Crippen molar-refractivity contribution in [1.29, 1.82) is 0 Å². The summed E-state index contributed by atoms with van der Waals surface area (Å²) in [6.45, 7) is 0. The zero-order valence-electron chi connectivity index (χ0n) is 17.2. The largest absolute Gasteiger partial charge is 0.481 e. The fourth-order valence-corrected chi connectivity index (χ4v) is 3.60. The molecule has 4 rings (SSSR count). The summed E-state index contributed by atoms with van der Waals surface area (Å²) < 4.78 is 38.7. The van der Waals surface area contributed by atoms with Crippen LogP contribution in [0.25, 0.3) is 22.4 Å². The highest BCUT2D eigenvalue weighted by molar-refractivity contribution is 6.13. The van der Waals surface area contributed by atoms with Crippen LogP contribution >= 0.6 is 0 Å². The Morgan fingerprint density at radius 3 is 2.12 bits per heavy atom. The van der Waals surface area contributed by atoms with Crippen molar-refractivity contribution in [2.24, 2.45) is 0 Å². The number of carboxylic acid groups (broad SMARTS) is 1. The number of aliphatic carboxylic acids is 1. The number of carbonyl (C=O) groups is 2. The van der Waals surface area contributed by atoms with Crippen molar-refractivity contribution in [3.8, 4) is 22.4 Å². The van der Waals surface area contributed by atoms with Gasteiger partial charge in [-0.2, -0.15) is 13.2 Å². The molecule has 1 aromatic heterocycles. The fourth-order valence-electron chi connectivity index (χ4n) is 3.60. The third kappa shape index (κ3) is 4.87. The van der Waals surface area contributed by atoms with E-state index >= 15 is 0 Å². The van der Waals surface area contributed by atoms with Gasteiger partial charge in [-0.25, -0.2) is 0 Å². The number of rotatable bonds is 6. The number of aromatic amines is 1. The van der Waals surface area contributed by atoms with Crippen LogP contribution in [0.5, 0.6) is 0 Å². The molecule has 166 valence electrons. The Kier molecular flexibility index (Phi) is 5.87. The van der Waals surface area contributed by atoms with Gasteiger partial charge in [0.05, 0.1) is 12.0 Å². The molecule has 0 amide bonds. The summed E-state index contributed by atoms with van der Waals surface area (Å²) in [5.74, 6) is -1.18. The fraction of sp³-hybridized carbons (Fsp3) is 0.0769. The van der Waals surface area contributed by atoms with Crippen molar-refractivity contribution >= 4 is 11.8 Å². The maximum Gasteiger partial charge on any atom is 0.416 e. The van der Waals surface area contributed by atoms with Crippen molar-refractivity contribution in [3.63, 3.8) is 0 Å². The van der Waals surface area contributed by atoms with Crippen LogP contribution in [0.1, 0.15) is 27.0 Å². The molecule has 0 saturated carbocycles. The molecule has 0 saturated heterocycles. The molecular formula is C26H18F3NO3. The number of aromatic nitrogens is 1. The lowest BCUT2D eigenvalue weighted by Gasteiger charge is -2.10. The second-order valence-corrected chi connectivity index (χ2v) is 7.52. The third-order valence-electron chi connectivity index (χ3n) is 5.26. The normalized spacial score (nSPS) is 11.4. The zero-order chi connectivity index (χ0) is 23.6. The molecule has 0 atom stereocenters. The summed E-state index contributed by atoms with van der Waals surface area (Å²) in [5, 5.41) is 8.89. The van der Waals surface area contributed by atoms with E-state index in [1.54, 1.807) is 60.8 Å². The molecule has 0 unspecified atom stereocenters. The number of carboxylic acids is 1. The number of hydrogen-bond donors (Lipinski definition) is 2. The van der Waals surface area contributed by atoms with Crippen LogP contribution in [0.3, 0.4) is 0 Å². The second kappa shape index (κ2) is 8.78. The molecule has 33 heavy (non-hydrogen) atoms.